The molecule has 10 heteroatoms. The highest BCUT2D eigenvalue weighted by molar-refractivity contribution is 14.0. The van der Waals surface area contributed by atoms with E-state index >= 15 is 0 Å². The minimum absolute atomic E-state index is 0. The topological polar surface area (TPSA) is 95.5 Å². The highest BCUT2D eigenvalue weighted by Crippen LogP contribution is 2.17. The zero-order valence-electron chi connectivity index (χ0n) is 18.1. The van der Waals surface area contributed by atoms with Gasteiger partial charge in [-0.15, -0.1) is 35.3 Å². The van der Waals surface area contributed by atoms with E-state index < -0.39 is 10.0 Å². The van der Waals surface area contributed by atoms with E-state index in [0.29, 0.717) is 25.0 Å². The lowest BCUT2D eigenvalue weighted by Gasteiger charge is -2.15. The van der Waals surface area contributed by atoms with Crippen molar-refractivity contribution in [3.63, 3.8) is 0 Å². The number of hydrogen-bond acceptors (Lipinski definition) is 5. The quantitative estimate of drug-likeness (QED) is 0.246. The van der Waals surface area contributed by atoms with Crippen LogP contribution in [0.3, 0.4) is 0 Å². The van der Waals surface area contributed by atoms with Crippen LogP contribution in [0, 0.1) is 0 Å². The first-order valence-electron chi connectivity index (χ1n) is 9.65. The molecule has 0 aliphatic carbocycles. The van der Waals surface area contributed by atoms with Crippen molar-refractivity contribution in [1.29, 1.82) is 0 Å². The maximum atomic E-state index is 12.3. The minimum atomic E-state index is -3.38. The fourth-order valence-corrected chi connectivity index (χ4v) is 5.09. The largest absolute Gasteiger partial charge is 0.352 e. The van der Waals surface area contributed by atoms with Gasteiger partial charge >= 0.3 is 0 Å². The third-order valence-electron chi connectivity index (χ3n) is 4.12. The summed E-state index contributed by atoms with van der Waals surface area (Å²) in [6.45, 7) is 8.94. The molecule has 0 unspecified atom stereocenters. The third-order valence-corrected chi connectivity index (χ3v) is 6.51. The molecule has 0 saturated heterocycles. The third kappa shape index (κ3) is 8.86. The molecule has 7 nitrogen and oxygen atoms in total. The molecule has 30 heavy (non-hydrogen) atoms. The number of sulfonamides is 1. The van der Waals surface area contributed by atoms with E-state index in [1.165, 1.54) is 0 Å². The van der Waals surface area contributed by atoms with E-state index in [9.17, 15) is 8.42 Å². The molecule has 2 rings (SSSR count). The summed E-state index contributed by atoms with van der Waals surface area (Å²) in [5.41, 5.74) is 2.78. The molecule has 168 valence electrons. The summed E-state index contributed by atoms with van der Waals surface area (Å²) in [5, 5.41) is 9.60. The molecule has 0 radical (unpaired) electrons. The van der Waals surface area contributed by atoms with Crippen LogP contribution in [0.25, 0.3) is 0 Å². The lowest BCUT2D eigenvalue weighted by molar-refractivity contribution is 0.568. The fourth-order valence-electron chi connectivity index (χ4n) is 2.71. The Morgan fingerprint density at radius 3 is 2.30 bits per heavy atom. The number of guanidine groups is 1. The predicted octanol–water partition coefficient (Wildman–Crippen LogP) is 3.58. The van der Waals surface area contributed by atoms with Crippen molar-refractivity contribution in [1.82, 2.24) is 20.3 Å². The first-order chi connectivity index (χ1) is 13.7. The average molecular weight is 566 g/mol. The van der Waals surface area contributed by atoms with Gasteiger partial charge in [-0.2, -0.15) is 0 Å². The molecule has 0 saturated carbocycles. The number of nitrogens with one attached hydrogen (secondary N) is 3. The van der Waals surface area contributed by atoms with Gasteiger partial charge in [-0.3, -0.25) is 4.99 Å². The molecule has 0 amide bonds. The van der Waals surface area contributed by atoms with Crippen LogP contribution in [0.2, 0.25) is 0 Å². The number of halogens is 1. The van der Waals surface area contributed by atoms with Gasteiger partial charge in [-0.1, -0.05) is 38.1 Å². The summed E-state index contributed by atoms with van der Waals surface area (Å²) in [7, 11) is -1.67. The van der Waals surface area contributed by atoms with E-state index in [1.54, 1.807) is 18.4 Å². The first kappa shape index (κ1) is 26.8. The Balaban J connectivity index is 0.00000450. The maximum Gasteiger partial charge on any atom is 0.216 e. The van der Waals surface area contributed by atoms with Crippen molar-refractivity contribution in [2.45, 2.75) is 58.5 Å². The Kier molecular flexibility index (Phi) is 11.2. The lowest BCUT2D eigenvalue weighted by atomic mass is 10.1. The molecule has 1 aromatic carbocycles. The molecule has 0 atom stereocenters. The molecule has 0 aliphatic heterocycles. The van der Waals surface area contributed by atoms with Crippen LogP contribution in [0.1, 0.15) is 55.4 Å². The lowest BCUT2D eigenvalue weighted by Crippen LogP contribution is -2.36. The van der Waals surface area contributed by atoms with Crippen LogP contribution < -0.4 is 15.4 Å². The molecule has 2 aromatic rings. The Labute approximate surface area is 201 Å². The minimum Gasteiger partial charge on any atom is -0.352 e. The monoisotopic (exact) mass is 565 g/mol. The first-order valence-corrected chi connectivity index (χ1v) is 12.2. The summed E-state index contributed by atoms with van der Waals surface area (Å²) in [6, 6.07) is 7.40. The average Bonchev–Trinajstić information content (AvgIpc) is 3.11. The second kappa shape index (κ2) is 12.6. The van der Waals surface area contributed by atoms with Crippen LogP contribution in [0.4, 0.5) is 0 Å². The Hall–Kier alpha value is -1.24. The predicted molar refractivity (Wildman–Crippen MR) is 136 cm³/mol. The highest BCUT2D eigenvalue weighted by Gasteiger charge is 2.15. The molecular weight excluding hydrogens is 533 g/mol. The maximum absolute atomic E-state index is 12.3. The number of rotatable bonds is 9. The smallest absolute Gasteiger partial charge is 0.216 e. The molecule has 0 aliphatic rings. The Morgan fingerprint density at radius 1 is 1.10 bits per heavy atom. The van der Waals surface area contributed by atoms with Gasteiger partial charge in [0.15, 0.2) is 5.96 Å². The number of benzene rings is 1. The van der Waals surface area contributed by atoms with E-state index in [-0.39, 0.29) is 35.8 Å². The van der Waals surface area contributed by atoms with E-state index in [2.05, 4.69) is 44.6 Å². The number of nitrogens with zero attached hydrogens (tertiary/aromatic N) is 2. The number of thiazole rings is 1. The van der Waals surface area contributed by atoms with Gasteiger partial charge in [0.1, 0.15) is 5.01 Å². The van der Waals surface area contributed by atoms with Crippen LogP contribution in [0.5, 0.6) is 0 Å². The molecule has 3 N–H and O–H groups in total. The van der Waals surface area contributed by atoms with Crippen molar-refractivity contribution < 1.29 is 8.42 Å². The Bertz CT molecular complexity index is 927. The molecule has 0 bridgehead atoms. The summed E-state index contributed by atoms with van der Waals surface area (Å²) >= 11 is 1.63. The second-order valence-electron chi connectivity index (χ2n) is 7.40. The van der Waals surface area contributed by atoms with Crippen molar-refractivity contribution in [2.24, 2.45) is 4.99 Å². The van der Waals surface area contributed by atoms with Crippen LogP contribution in [-0.2, 0) is 28.9 Å². The molecule has 0 spiro atoms. The van der Waals surface area contributed by atoms with E-state index in [4.69, 9.17) is 0 Å². The van der Waals surface area contributed by atoms with Crippen molar-refractivity contribution >= 4 is 51.3 Å². The summed E-state index contributed by atoms with van der Waals surface area (Å²) in [5.74, 6) is 1.01. The van der Waals surface area contributed by atoms with Gasteiger partial charge < -0.3 is 10.6 Å². The van der Waals surface area contributed by atoms with Gasteiger partial charge in [0.2, 0.25) is 10.0 Å². The van der Waals surface area contributed by atoms with Gasteiger partial charge in [-0.05, 0) is 30.9 Å². The molecule has 0 fully saturated rings. The van der Waals surface area contributed by atoms with Gasteiger partial charge in [0.25, 0.3) is 0 Å². The fraction of sp³-hybridized carbons (Fsp3) is 0.500. The zero-order valence-corrected chi connectivity index (χ0v) is 22.1. The van der Waals surface area contributed by atoms with Gasteiger partial charge in [0.05, 0.1) is 18.0 Å². The van der Waals surface area contributed by atoms with Gasteiger partial charge in [-0.25, -0.2) is 18.1 Å². The second-order valence-corrected chi connectivity index (χ2v) is 10.1. The Morgan fingerprint density at radius 2 is 1.73 bits per heavy atom. The number of aromatic nitrogens is 1. The molecule has 1 heterocycles. The van der Waals surface area contributed by atoms with Crippen molar-refractivity contribution in [3.05, 3.63) is 51.5 Å². The normalized spacial score (nSPS) is 12.2. The SMILES string of the molecule is CN=C(NCc1nc(C(C)C)cs1)NCc1ccccc1CS(=O)(=O)NC(C)C.I. The van der Waals surface area contributed by atoms with Crippen LogP contribution >= 0.6 is 35.3 Å². The molecular formula is C20H32IN5O2S2. The molecule has 1 aromatic heterocycles. The zero-order chi connectivity index (χ0) is 21.4. The van der Waals surface area contributed by atoms with Crippen molar-refractivity contribution in [3.8, 4) is 0 Å². The summed E-state index contributed by atoms with van der Waals surface area (Å²) in [4.78, 5) is 8.86. The van der Waals surface area contributed by atoms with Crippen molar-refractivity contribution in [2.75, 3.05) is 7.05 Å². The van der Waals surface area contributed by atoms with E-state index in [0.717, 1.165) is 21.8 Å². The standard InChI is InChI=1S/C20H31N5O2S2.HI/c1-14(2)18-12-28-19(24-18)11-23-20(21-5)22-10-16-8-6-7-9-17(16)13-29(26,27)25-15(3)4;/h6-9,12,14-15,25H,10-11,13H2,1-5H3,(H2,21,22,23);1H. The van der Waals surface area contributed by atoms with E-state index in [1.807, 2.05) is 38.1 Å². The number of aliphatic imine (C=N–C) groups is 1. The highest BCUT2D eigenvalue weighted by atomic mass is 127. The van der Waals surface area contributed by atoms with Gasteiger partial charge in [0, 0.05) is 25.0 Å². The van der Waals surface area contributed by atoms with Crippen LogP contribution in [0.15, 0.2) is 34.6 Å². The summed E-state index contributed by atoms with van der Waals surface area (Å²) in [6.07, 6.45) is 0. The summed E-state index contributed by atoms with van der Waals surface area (Å²) < 4.78 is 27.2. The van der Waals surface area contributed by atoms with Crippen LogP contribution in [-0.4, -0.2) is 32.5 Å². The number of hydrogen-bond donors (Lipinski definition) is 3.